The predicted molar refractivity (Wildman–Crippen MR) is 95.6 cm³/mol. The molecular weight excluding hydrogens is 348 g/mol. The largest absolute Gasteiger partial charge is 0.340 e. The maximum atomic E-state index is 12.7. The second-order valence-electron chi connectivity index (χ2n) is 6.15. The fourth-order valence-corrected chi connectivity index (χ4v) is 4.62. The van der Waals surface area contributed by atoms with E-state index in [1.54, 1.807) is 17.0 Å². The van der Waals surface area contributed by atoms with E-state index in [1.807, 2.05) is 20.8 Å². The Hall–Kier alpha value is -1.11. The number of aryl methyl sites for hydroxylation is 1. The first-order valence-electron chi connectivity index (χ1n) is 8.36. The van der Waals surface area contributed by atoms with Crippen LogP contribution in [0.2, 0.25) is 5.02 Å². The van der Waals surface area contributed by atoms with Crippen LogP contribution >= 0.6 is 11.6 Å². The summed E-state index contributed by atoms with van der Waals surface area (Å²) in [4.78, 5) is 14.4. The van der Waals surface area contributed by atoms with Crippen molar-refractivity contribution < 1.29 is 13.2 Å². The van der Waals surface area contributed by atoms with E-state index >= 15 is 0 Å². The quantitative estimate of drug-likeness (QED) is 0.798. The number of hydrogen-bond acceptors (Lipinski definition) is 3. The van der Waals surface area contributed by atoms with E-state index in [0.717, 1.165) is 18.4 Å². The molecule has 0 aliphatic carbocycles. The van der Waals surface area contributed by atoms with Gasteiger partial charge in [-0.05, 0) is 37.5 Å². The zero-order chi connectivity index (χ0) is 17.9. The fourth-order valence-electron chi connectivity index (χ4n) is 2.93. The molecule has 0 unspecified atom stereocenters. The Morgan fingerprint density at radius 2 is 1.75 bits per heavy atom. The van der Waals surface area contributed by atoms with E-state index in [9.17, 15) is 13.2 Å². The molecule has 0 saturated carbocycles. The highest BCUT2D eigenvalue weighted by atomic mass is 35.5. The Morgan fingerprint density at radius 3 is 2.25 bits per heavy atom. The lowest BCUT2D eigenvalue weighted by Gasteiger charge is -2.35. The molecule has 1 fully saturated rings. The number of amides is 1. The molecule has 0 spiro atoms. The van der Waals surface area contributed by atoms with Crippen LogP contribution in [-0.4, -0.2) is 49.7 Å². The summed E-state index contributed by atoms with van der Waals surface area (Å²) in [7, 11) is -3.57. The van der Waals surface area contributed by atoms with Crippen LogP contribution in [0.5, 0.6) is 0 Å². The third kappa shape index (κ3) is 3.92. The van der Waals surface area contributed by atoms with Gasteiger partial charge in [-0.1, -0.05) is 31.5 Å². The average Bonchev–Trinajstić information content (AvgIpc) is 2.58. The van der Waals surface area contributed by atoms with Crippen LogP contribution in [0.1, 0.15) is 32.3 Å². The van der Waals surface area contributed by atoms with Crippen molar-refractivity contribution in [1.82, 2.24) is 9.21 Å². The van der Waals surface area contributed by atoms with E-state index in [-0.39, 0.29) is 16.7 Å². The van der Waals surface area contributed by atoms with Gasteiger partial charge in [0, 0.05) is 37.1 Å². The first kappa shape index (κ1) is 19.2. The molecule has 1 saturated heterocycles. The number of carbonyl (C=O) groups excluding carboxylic acids is 1. The molecule has 0 radical (unpaired) electrons. The van der Waals surface area contributed by atoms with Gasteiger partial charge in [0.1, 0.15) is 0 Å². The Balaban J connectivity index is 2.08. The number of carbonyl (C=O) groups is 1. The van der Waals surface area contributed by atoms with Gasteiger partial charge in [0.2, 0.25) is 15.9 Å². The van der Waals surface area contributed by atoms with E-state index in [2.05, 4.69) is 0 Å². The van der Waals surface area contributed by atoms with Gasteiger partial charge in [0.05, 0.1) is 4.90 Å². The van der Waals surface area contributed by atoms with Gasteiger partial charge in [0.25, 0.3) is 0 Å². The van der Waals surface area contributed by atoms with Gasteiger partial charge >= 0.3 is 0 Å². The Morgan fingerprint density at radius 1 is 1.17 bits per heavy atom. The highest BCUT2D eigenvalue weighted by Gasteiger charge is 2.31. The second kappa shape index (κ2) is 7.85. The molecular formula is C17H25ClN2O3S. The molecule has 7 heteroatoms. The Labute approximate surface area is 149 Å². The van der Waals surface area contributed by atoms with Gasteiger partial charge in [-0.3, -0.25) is 4.79 Å². The summed E-state index contributed by atoms with van der Waals surface area (Å²) in [5.41, 5.74) is 0.844. The van der Waals surface area contributed by atoms with Crippen LogP contribution < -0.4 is 0 Å². The zero-order valence-electron chi connectivity index (χ0n) is 14.5. The maximum Gasteiger partial charge on any atom is 0.243 e. The SMILES string of the molecule is CCC(CC)C(=O)N1CCN(S(=O)(=O)c2ccc(C)c(Cl)c2)CC1. The van der Waals surface area contributed by atoms with E-state index in [1.165, 1.54) is 10.4 Å². The number of sulfonamides is 1. The summed E-state index contributed by atoms with van der Waals surface area (Å²) in [5.74, 6) is 0.166. The minimum atomic E-state index is -3.57. The lowest BCUT2D eigenvalue weighted by Crippen LogP contribution is -2.51. The highest BCUT2D eigenvalue weighted by Crippen LogP contribution is 2.24. The number of hydrogen-bond donors (Lipinski definition) is 0. The van der Waals surface area contributed by atoms with Gasteiger partial charge in [0.15, 0.2) is 0 Å². The van der Waals surface area contributed by atoms with Crippen molar-refractivity contribution in [1.29, 1.82) is 0 Å². The lowest BCUT2D eigenvalue weighted by atomic mass is 10.0. The van der Waals surface area contributed by atoms with Gasteiger partial charge in [-0.15, -0.1) is 0 Å². The van der Waals surface area contributed by atoms with Crippen molar-refractivity contribution >= 4 is 27.5 Å². The summed E-state index contributed by atoms with van der Waals surface area (Å²) in [6.45, 7) is 7.37. The molecule has 1 aromatic carbocycles. The van der Waals surface area contributed by atoms with Crippen molar-refractivity contribution in [2.24, 2.45) is 5.92 Å². The molecule has 1 aliphatic rings. The number of halogens is 1. The van der Waals surface area contributed by atoms with Crippen LogP contribution in [0.25, 0.3) is 0 Å². The maximum absolute atomic E-state index is 12.7. The molecule has 0 bridgehead atoms. The zero-order valence-corrected chi connectivity index (χ0v) is 16.0. The van der Waals surface area contributed by atoms with Crippen molar-refractivity contribution in [2.45, 2.75) is 38.5 Å². The summed E-state index contributed by atoms with van der Waals surface area (Å²) in [6.07, 6.45) is 1.63. The predicted octanol–water partition coefficient (Wildman–Crippen LogP) is 2.92. The number of piperazine rings is 1. The fraction of sp³-hybridized carbons (Fsp3) is 0.588. The molecule has 1 heterocycles. The van der Waals surface area contributed by atoms with E-state index in [4.69, 9.17) is 11.6 Å². The summed E-state index contributed by atoms with van der Waals surface area (Å²) < 4.78 is 26.9. The molecule has 24 heavy (non-hydrogen) atoms. The number of rotatable bonds is 5. The Kier molecular flexibility index (Phi) is 6.28. The molecule has 2 rings (SSSR count). The average molecular weight is 373 g/mol. The summed E-state index contributed by atoms with van der Waals surface area (Å²) in [6, 6.07) is 4.79. The molecule has 1 aromatic rings. The monoisotopic (exact) mass is 372 g/mol. The molecule has 5 nitrogen and oxygen atoms in total. The normalized spacial score (nSPS) is 16.6. The topological polar surface area (TPSA) is 57.7 Å². The van der Waals surface area contributed by atoms with Gasteiger partial charge in [-0.2, -0.15) is 4.31 Å². The Bertz CT molecular complexity index is 694. The highest BCUT2D eigenvalue weighted by molar-refractivity contribution is 7.89. The van der Waals surface area contributed by atoms with Crippen molar-refractivity contribution in [2.75, 3.05) is 26.2 Å². The standard InChI is InChI=1S/C17H25ClN2O3S/c1-4-14(5-2)17(21)19-8-10-20(11-9-19)24(22,23)15-7-6-13(3)16(18)12-15/h6-7,12,14H,4-5,8-11H2,1-3H3. The lowest BCUT2D eigenvalue weighted by molar-refractivity contribution is -0.136. The number of nitrogens with zero attached hydrogens (tertiary/aromatic N) is 2. The third-order valence-electron chi connectivity index (χ3n) is 4.67. The molecule has 0 atom stereocenters. The first-order chi connectivity index (χ1) is 11.3. The summed E-state index contributed by atoms with van der Waals surface area (Å²) >= 11 is 6.05. The minimum Gasteiger partial charge on any atom is -0.340 e. The second-order valence-corrected chi connectivity index (χ2v) is 8.50. The number of benzene rings is 1. The molecule has 0 N–H and O–H groups in total. The third-order valence-corrected chi connectivity index (χ3v) is 6.97. The van der Waals surface area contributed by atoms with Gasteiger partial charge < -0.3 is 4.90 Å². The van der Waals surface area contributed by atoms with E-state index in [0.29, 0.717) is 31.2 Å². The summed E-state index contributed by atoms with van der Waals surface area (Å²) in [5, 5.41) is 0.443. The molecule has 134 valence electrons. The molecule has 1 amide bonds. The smallest absolute Gasteiger partial charge is 0.243 e. The van der Waals surface area contributed by atoms with Crippen molar-refractivity contribution in [3.63, 3.8) is 0 Å². The van der Waals surface area contributed by atoms with Crippen LogP contribution in [0.15, 0.2) is 23.1 Å². The molecule has 0 aromatic heterocycles. The van der Waals surface area contributed by atoms with Crippen molar-refractivity contribution in [3.8, 4) is 0 Å². The first-order valence-corrected chi connectivity index (χ1v) is 10.2. The van der Waals surface area contributed by atoms with Crippen LogP contribution in [0.3, 0.4) is 0 Å². The van der Waals surface area contributed by atoms with Crippen LogP contribution in [-0.2, 0) is 14.8 Å². The van der Waals surface area contributed by atoms with E-state index < -0.39 is 10.0 Å². The molecule has 1 aliphatic heterocycles. The van der Waals surface area contributed by atoms with Crippen molar-refractivity contribution in [3.05, 3.63) is 28.8 Å². The van der Waals surface area contributed by atoms with Crippen LogP contribution in [0.4, 0.5) is 0 Å². The van der Waals surface area contributed by atoms with Gasteiger partial charge in [-0.25, -0.2) is 8.42 Å². The van der Waals surface area contributed by atoms with Crippen LogP contribution in [0, 0.1) is 12.8 Å². The minimum absolute atomic E-state index is 0.0315.